The molecule has 22 heavy (non-hydrogen) atoms. The van der Waals surface area contributed by atoms with Crippen LogP contribution in [-0.4, -0.2) is 11.1 Å². The summed E-state index contributed by atoms with van der Waals surface area (Å²) in [4.78, 5) is 11.8. The van der Waals surface area contributed by atoms with Gasteiger partial charge in [-0.1, -0.05) is 51.1 Å². The normalized spacial score (nSPS) is 37.2. The van der Waals surface area contributed by atoms with Crippen LogP contribution in [-0.2, 0) is 4.79 Å². The van der Waals surface area contributed by atoms with Crippen molar-refractivity contribution in [2.45, 2.75) is 46.1 Å². The molecular weight excluding hydrogens is 276 g/mol. The van der Waals surface area contributed by atoms with Crippen LogP contribution in [0.25, 0.3) is 0 Å². The highest BCUT2D eigenvalue weighted by Crippen LogP contribution is 2.71. The van der Waals surface area contributed by atoms with Crippen LogP contribution < -0.4 is 5.11 Å². The molecular formula is C19H25O3-. The minimum absolute atomic E-state index is 0.00560. The summed E-state index contributed by atoms with van der Waals surface area (Å²) >= 11 is 0. The molecule has 2 aliphatic rings. The molecule has 2 fully saturated rings. The van der Waals surface area contributed by atoms with Gasteiger partial charge in [-0.15, -0.1) is 0 Å². The molecule has 2 bridgehead atoms. The fraction of sp³-hybridized carbons (Fsp3) is 0.632. The average molecular weight is 301 g/mol. The third-order valence-electron chi connectivity index (χ3n) is 6.94. The monoisotopic (exact) mass is 301 g/mol. The number of hydrogen-bond acceptors (Lipinski definition) is 3. The Morgan fingerprint density at radius 1 is 1.32 bits per heavy atom. The molecule has 1 aromatic rings. The highest BCUT2D eigenvalue weighted by atomic mass is 16.4. The van der Waals surface area contributed by atoms with Gasteiger partial charge >= 0.3 is 0 Å². The number of carboxylic acid groups (broad SMARTS) is 1. The maximum atomic E-state index is 11.8. The summed E-state index contributed by atoms with van der Waals surface area (Å²) in [7, 11) is 0. The van der Waals surface area contributed by atoms with Crippen molar-refractivity contribution in [3.63, 3.8) is 0 Å². The van der Waals surface area contributed by atoms with Crippen LogP contribution in [0.5, 0.6) is 0 Å². The molecule has 0 saturated heterocycles. The molecule has 5 atom stereocenters. The fourth-order valence-electron chi connectivity index (χ4n) is 5.38. The number of aliphatic carboxylic acids is 1. The van der Waals surface area contributed by atoms with Gasteiger partial charge in [0, 0.05) is 11.9 Å². The zero-order chi connectivity index (χ0) is 16.1. The van der Waals surface area contributed by atoms with Crippen LogP contribution in [0.1, 0.15) is 51.7 Å². The van der Waals surface area contributed by atoms with Crippen LogP contribution in [0.4, 0.5) is 0 Å². The molecule has 2 aliphatic carbocycles. The number of hydrogen-bond donors (Lipinski definition) is 1. The summed E-state index contributed by atoms with van der Waals surface area (Å²) in [6.07, 6.45) is 1.90. The number of rotatable bonds is 4. The first-order valence-electron chi connectivity index (χ1n) is 8.23. The number of fused-ring (bicyclic) bond motifs is 2. The minimum Gasteiger partial charge on any atom is -0.550 e. The van der Waals surface area contributed by atoms with Crippen molar-refractivity contribution in [1.29, 1.82) is 0 Å². The zero-order valence-electron chi connectivity index (χ0n) is 13.6. The van der Waals surface area contributed by atoms with E-state index in [-0.39, 0.29) is 16.7 Å². The molecule has 0 spiro atoms. The SMILES string of the molecule is CC1(C)[C@H]2CC[C@@]1(C)[C@H](C(=O)[O-])[C@@H]2C[C@H](O)c1ccccc1. The molecule has 1 N–H and O–H groups in total. The quantitative estimate of drug-likeness (QED) is 0.929. The Bertz CT molecular complexity index is 565. The van der Waals surface area contributed by atoms with Crippen molar-refractivity contribution < 1.29 is 15.0 Å². The van der Waals surface area contributed by atoms with Gasteiger partial charge in [0.1, 0.15) is 0 Å². The first-order valence-corrected chi connectivity index (χ1v) is 8.23. The Hall–Kier alpha value is -1.35. The maximum absolute atomic E-state index is 11.8. The van der Waals surface area contributed by atoms with E-state index in [1.54, 1.807) is 0 Å². The van der Waals surface area contributed by atoms with E-state index in [1.807, 2.05) is 30.3 Å². The van der Waals surface area contributed by atoms with Gasteiger partial charge in [0.25, 0.3) is 0 Å². The van der Waals surface area contributed by atoms with Crippen molar-refractivity contribution >= 4 is 5.97 Å². The van der Waals surface area contributed by atoms with Crippen molar-refractivity contribution in [2.75, 3.05) is 0 Å². The van der Waals surface area contributed by atoms with Gasteiger partial charge in [-0.25, -0.2) is 0 Å². The van der Waals surface area contributed by atoms with Crippen molar-refractivity contribution in [3.05, 3.63) is 35.9 Å². The minimum atomic E-state index is -0.942. The highest BCUT2D eigenvalue weighted by Gasteiger charge is 2.66. The van der Waals surface area contributed by atoms with E-state index in [2.05, 4.69) is 20.8 Å². The van der Waals surface area contributed by atoms with Crippen LogP contribution in [0.2, 0.25) is 0 Å². The molecule has 2 saturated carbocycles. The summed E-state index contributed by atoms with van der Waals surface area (Å²) < 4.78 is 0. The van der Waals surface area contributed by atoms with Crippen LogP contribution >= 0.6 is 0 Å². The lowest BCUT2D eigenvalue weighted by Gasteiger charge is -2.41. The average Bonchev–Trinajstić information content (AvgIpc) is 2.78. The Kier molecular flexibility index (Phi) is 3.59. The van der Waals surface area contributed by atoms with Gasteiger partial charge in [0.15, 0.2) is 0 Å². The Balaban J connectivity index is 1.88. The Morgan fingerprint density at radius 3 is 2.55 bits per heavy atom. The predicted molar refractivity (Wildman–Crippen MR) is 82.6 cm³/mol. The second kappa shape index (κ2) is 5.09. The van der Waals surface area contributed by atoms with Crippen LogP contribution in [0.15, 0.2) is 30.3 Å². The molecule has 0 heterocycles. The molecule has 0 radical (unpaired) electrons. The van der Waals surface area contributed by atoms with Crippen molar-refractivity contribution in [2.24, 2.45) is 28.6 Å². The first-order chi connectivity index (χ1) is 10.3. The molecule has 3 rings (SSSR count). The van der Waals surface area contributed by atoms with Crippen molar-refractivity contribution in [3.8, 4) is 0 Å². The smallest absolute Gasteiger partial charge is 0.0793 e. The summed E-state index contributed by atoms with van der Waals surface area (Å²) in [6.45, 7) is 6.48. The van der Waals surface area contributed by atoms with E-state index < -0.39 is 18.0 Å². The first kappa shape index (κ1) is 15.5. The molecule has 1 aromatic carbocycles. The van der Waals surface area contributed by atoms with E-state index in [0.29, 0.717) is 12.3 Å². The zero-order valence-corrected chi connectivity index (χ0v) is 13.6. The topological polar surface area (TPSA) is 60.4 Å². The van der Waals surface area contributed by atoms with Gasteiger partial charge in [0.2, 0.25) is 0 Å². The molecule has 120 valence electrons. The van der Waals surface area contributed by atoms with E-state index in [0.717, 1.165) is 18.4 Å². The largest absolute Gasteiger partial charge is 0.550 e. The van der Waals surface area contributed by atoms with Crippen LogP contribution in [0.3, 0.4) is 0 Å². The van der Waals surface area contributed by atoms with Gasteiger partial charge < -0.3 is 15.0 Å². The summed E-state index contributed by atoms with van der Waals surface area (Å²) in [6, 6.07) is 9.53. The summed E-state index contributed by atoms with van der Waals surface area (Å²) in [5.41, 5.74) is 0.626. The Labute approximate surface area is 132 Å². The van der Waals surface area contributed by atoms with Gasteiger partial charge in [0.05, 0.1) is 6.10 Å². The number of aliphatic hydroxyl groups excluding tert-OH is 1. The molecule has 0 unspecified atom stereocenters. The van der Waals surface area contributed by atoms with E-state index in [4.69, 9.17) is 0 Å². The van der Waals surface area contributed by atoms with Crippen LogP contribution in [0, 0.1) is 28.6 Å². The summed E-state index contributed by atoms with van der Waals surface area (Å²) in [5.74, 6) is -1.06. The maximum Gasteiger partial charge on any atom is 0.0793 e. The number of aliphatic hydroxyl groups is 1. The van der Waals surface area contributed by atoms with Crippen molar-refractivity contribution in [1.82, 2.24) is 0 Å². The van der Waals surface area contributed by atoms with Gasteiger partial charge in [-0.2, -0.15) is 0 Å². The Morgan fingerprint density at radius 2 is 1.95 bits per heavy atom. The predicted octanol–water partition coefficient (Wildman–Crippen LogP) is 2.55. The number of benzene rings is 1. The van der Waals surface area contributed by atoms with E-state index in [9.17, 15) is 15.0 Å². The molecule has 3 nitrogen and oxygen atoms in total. The summed E-state index contributed by atoms with van der Waals surface area (Å²) in [5, 5.41) is 22.4. The third kappa shape index (κ3) is 2.02. The lowest BCUT2D eigenvalue weighted by Crippen LogP contribution is -2.45. The number of carbonyl (C=O) groups is 1. The van der Waals surface area contributed by atoms with E-state index >= 15 is 0 Å². The second-order valence-corrected chi connectivity index (χ2v) is 7.91. The molecule has 3 heteroatoms. The highest BCUT2D eigenvalue weighted by molar-refractivity contribution is 5.70. The lowest BCUT2D eigenvalue weighted by molar-refractivity contribution is -0.317. The molecule has 0 aromatic heterocycles. The fourth-order valence-corrected chi connectivity index (χ4v) is 5.38. The number of carboxylic acids is 1. The molecule has 0 amide bonds. The standard InChI is InChI=1S/C19H26O3/c1-18(2)14-9-10-19(18,3)16(17(21)22)13(14)11-15(20)12-7-5-4-6-8-12/h4-8,13-16,20H,9-11H2,1-3H3,(H,21,22)/p-1/t13-,14+,15+,16+,19+/m1/s1. The lowest BCUT2D eigenvalue weighted by atomic mass is 9.65. The van der Waals surface area contributed by atoms with E-state index in [1.165, 1.54) is 0 Å². The third-order valence-corrected chi connectivity index (χ3v) is 6.94. The second-order valence-electron chi connectivity index (χ2n) is 7.91. The van der Waals surface area contributed by atoms with Gasteiger partial charge in [-0.05, 0) is 47.5 Å². The number of carbonyl (C=O) groups excluding carboxylic acids is 1. The molecule has 0 aliphatic heterocycles. The van der Waals surface area contributed by atoms with Gasteiger partial charge in [-0.3, -0.25) is 0 Å².